The van der Waals surface area contributed by atoms with Gasteiger partial charge in [-0.25, -0.2) is 8.42 Å². The summed E-state index contributed by atoms with van der Waals surface area (Å²) in [6.45, 7) is 1.50. The largest absolute Gasteiger partial charge is 0.495 e. The third-order valence-corrected chi connectivity index (χ3v) is 7.86. The molecule has 0 atom stereocenters. The number of carbonyl (C=O) groups excluding carboxylic acids is 1. The molecule has 0 unspecified atom stereocenters. The molecule has 1 saturated carbocycles. The lowest BCUT2D eigenvalue weighted by Gasteiger charge is -2.33. The molecule has 1 amide bonds. The van der Waals surface area contributed by atoms with Crippen LogP contribution in [0.2, 0.25) is 10.0 Å². The Kier molecular flexibility index (Phi) is 7.86. The molecule has 9 heteroatoms. The van der Waals surface area contributed by atoms with Crippen molar-refractivity contribution >= 4 is 44.8 Å². The van der Waals surface area contributed by atoms with Gasteiger partial charge in [0.25, 0.3) is 0 Å². The molecule has 1 aliphatic rings. The number of aryl methyl sites for hydroxylation is 1. The van der Waals surface area contributed by atoms with Crippen LogP contribution in [0.15, 0.2) is 41.3 Å². The summed E-state index contributed by atoms with van der Waals surface area (Å²) in [6, 6.07) is 9.47. The van der Waals surface area contributed by atoms with Gasteiger partial charge in [0.2, 0.25) is 15.9 Å². The van der Waals surface area contributed by atoms with E-state index in [2.05, 4.69) is 5.32 Å². The molecule has 0 aliphatic heterocycles. The monoisotopic (exact) mass is 484 g/mol. The molecule has 1 aliphatic carbocycles. The minimum Gasteiger partial charge on any atom is -0.495 e. The van der Waals surface area contributed by atoms with Crippen LogP contribution in [0, 0.1) is 6.92 Å². The maximum atomic E-state index is 13.7. The van der Waals surface area contributed by atoms with E-state index in [1.54, 1.807) is 30.3 Å². The van der Waals surface area contributed by atoms with Gasteiger partial charge in [0.15, 0.2) is 0 Å². The topological polar surface area (TPSA) is 75.7 Å². The van der Waals surface area contributed by atoms with E-state index >= 15 is 0 Å². The zero-order valence-corrected chi connectivity index (χ0v) is 19.9. The highest BCUT2D eigenvalue weighted by Crippen LogP contribution is 2.33. The molecule has 0 heterocycles. The van der Waals surface area contributed by atoms with E-state index in [4.69, 9.17) is 27.9 Å². The summed E-state index contributed by atoms with van der Waals surface area (Å²) in [5.41, 5.74) is 1.17. The van der Waals surface area contributed by atoms with E-state index in [0.717, 1.165) is 24.8 Å². The fourth-order valence-electron chi connectivity index (χ4n) is 3.81. The molecule has 3 rings (SSSR count). The molecule has 1 fully saturated rings. The minimum atomic E-state index is -3.98. The van der Waals surface area contributed by atoms with Gasteiger partial charge in [-0.05, 0) is 55.7 Å². The summed E-state index contributed by atoms with van der Waals surface area (Å²) in [4.78, 5) is 12.9. The van der Waals surface area contributed by atoms with Crippen LogP contribution in [0.5, 0.6) is 5.75 Å². The van der Waals surface area contributed by atoms with Gasteiger partial charge >= 0.3 is 0 Å². The summed E-state index contributed by atoms with van der Waals surface area (Å²) in [5.74, 6) is -0.211. The maximum Gasteiger partial charge on any atom is 0.247 e. The number of amides is 1. The Balaban J connectivity index is 1.93. The van der Waals surface area contributed by atoms with Gasteiger partial charge < -0.3 is 10.1 Å². The summed E-state index contributed by atoms with van der Waals surface area (Å²) < 4.78 is 34.0. The molecule has 0 spiro atoms. The van der Waals surface area contributed by atoms with Crippen molar-refractivity contribution in [1.29, 1.82) is 0 Å². The molecule has 31 heavy (non-hydrogen) atoms. The number of nitrogens with zero attached hydrogens (tertiary/aromatic N) is 1. The van der Waals surface area contributed by atoms with E-state index in [1.807, 2.05) is 6.92 Å². The summed E-state index contributed by atoms with van der Waals surface area (Å²) >= 11 is 12.1. The van der Waals surface area contributed by atoms with Crippen molar-refractivity contribution in [2.45, 2.75) is 50.0 Å². The van der Waals surface area contributed by atoms with Crippen molar-refractivity contribution < 1.29 is 17.9 Å². The Bertz CT molecular complexity index is 1050. The quantitative estimate of drug-likeness (QED) is 0.580. The van der Waals surface area contributed by atoms with E-state index in [1.165, 1.54) is 17.5 Å². The fourth-order valence-corrected chi connectivity index (χ4v) is 6.15. The fraction of sp³-hybridized carbons (Fsp3) is 0.409. The van der Waals surface area contributed by atoms with Crippen molar-refractivity contribution in [3.8, 4) is 5.75 Å². The number of methoxy groups -OCH3 is 1. The zero-order valence-electron chi connectivity index (χ0n) is 17.5. The standard InChI is InChI=1S/C22H26Cl2N2O4S/c1-15-8-11-20(30-2)21(12-15)31(28,29)26(17-6-4-3-5-7-17)14-22(27)25-19-10-9-16(23)13-18(19)24/h8-13,17H,3-7,14H2,1-2H3,(H,25,27). The zero-order chi connectivity index (χ0) is 22.6. The molecular weight excluding hydrogens is 459 g/mol. The number of anilines is 1. The second kappa shape index (κ2) is 10.2. The van der Waals surface area contributed by atoms with Crippen LogP contribution in [0.4, 0.5) is 5.69 Å². The average molecular weight is 485 g/mol. The third-order valence-electron chi connectivity index (χ3n) is 5.39. The van der Waals surface area contributed by atoms with Crippen molar-refractivity contribution in [3.05, 3.63) is 52.0 Å². The van der Waals surface area contributed by atoms with Gasteiger partial charge in [-0.15, -0.1) is 0 Å². The number of carbonyl (C=O) groups is 1. The smallest absolute Gasteiger partial charge is 0.247 e. The summed E-state index contributed by atoms with van der Waals surface area (Å²) in [5, 5.41) is 3.43. The molecule has 1 N–H and O–H groups in total. The number of rotatable bonds is 7. The lowest BCUT2D eigenvalue weighted by Crippen LogP contribution is -2.45. The van der Waals surface area contributed by atoms with Crippen LogP contribution >= 0.6 is 23.2 Å². The molecule has 0 radical (unpaired) electrons. The number of nitrogens with one attached hydrogen (secondary N) is 1. The first kappa shape index (κ1) is 23.9. The normalized spacial score (nSPS) is 15.1. The second-order valence-electron chi connectivity index (χ2n) is 7.67. The van der Waals surface area contributed by atoms with E-state index in [-0.39, 0.29) is 28.3 Å². The number of hydrogen-bond donors (Lipinski definition) is 1. The van der Waals surface area contributed by atoms with Gasteiger partial charge in [-0.1, -0.05) is 48.5 Å². The van der Waals surface area contributed by atoms with Crippen LogP contribution < -0.4 is 10.1 Å². The van der Waals surface area contributed by atoms with Gasteiger partial charge in [-0.2, -0.15) is 4.31 Å². The molecule has 0 aromatic heterocycles. The number of halogens is 2. The average Bonchev–Trinajstić information content (AvgIpc) is 2.74. The van der Waals surface area contributed by atoms with Crippen LogP contribution in [-0.2, 0) is 14.8 Å². The van der Waals surface area contributed by atoms with Crippen LogP contribution in [-0.4, -0.2) is 38.3 Å². The predicted molar refractivity (Wildman–Crippen MR) is 124 cm³/mol. The number of sulfonamides is 1. The number of ether oxygens (including phenoxy) is 1. The maximum absolute atomic E-state index is 13.7. The van der Waals surface area contributed by atoms with Crippen molar-refractivity contribution in [1.82, 2.24) is 4.31 Å². The lowest BCUT2D eigenvalue weighted by molar-refractivity contribution is -0.116. The lowest BCUT2D eigenvalue weighted by atomic mass is 9.95. The predicted octanol–water partition coefficient (Wildman–Crippen LogP) is 5.27. The first-order valence-corrected chi connectivity index (χ1v) is 12.3. The van der Waals surface area contributed by atoms with Crippen molar-refractivity contribution in [2.24, 2.45) is 0 Å². The van der Waals surface area contributed by atoms with Gasteiger partial charge in [0.1, 0.15) is 10.6 Å². The molecule has 168 valence electrons. The SMILES string of the molecule is COc1ccc(C)cc1S(=O)(=O)N(CC(=O)Nc1ccc(Cl)cc1Cl)C1CCCCC1. The Labute approximate surface area is 193 Å². The van der Waals surface area contributed by atoms with Crippen LogP contribution in [0.1, 0.15) is 37.7 Å². The van der Waals surface area contributed by atoms with E-state index in [0.29, 0.717) is 23.6 Å². The molecular formula is C22H26Cl2N2O4S. The van der Waals surface area contributed by atoms with Crippen LogP contribution in [0.25, 0.3) is 0 Å². The van der Waals surface area contributed by atoms with Gasteiger partial charge in [0.05, 0.1) is 24.4 Å². The molecule has 2 aromatic carbocycles. The molecule has 0 bridgehead atoms. The molecule has 2 aromatic rings. The van der Waals surface area contributed by atoms with E-state index in [9.17, 15) is 13.2 Å². The minimum absolute atomic E-state index is 0.0675. The highest BCUT2D eigenvalue weighted by Gasteiger charge is 2.35. The summed E-state index contributed by atoms with van der Waals surface area (Å²) in [6.07, 6.45) is 4.33. The second-order valence-corrected chi connectivity index (χ2v) is 10.4. The Morgan fingerprint density at radius 3 is 2.48 bits per heavy atom. The van der Waals surface area contributed by atoms with Crippen molar-refractivity contribution in [3.63, 3.8) is 0 Å². The first-order valence-electron chi connectivity index (χ1n) is 10.1. The molecule has 0 saturated heterocycles. The highest BCUT2D eigenvalue weighted by molar-refractivity contribution is 7.89. The van der Waals surface area contributed by atoms with Crippen molar-refractivity contribution in [2.75, 3.05) is 19.0 Å². The van der Waals surface area contributed by atoms with E-state index < -0.39 is 15.9 Å². The van der Waals surface area contributed by atoms with Gasteiger partial charge in [0, 0.05) is 11.1 Å². The number of benzene rings is 2. The number of hydrogen-bond acceptors (Lipinski definition) is 4. The van der Waals surface area contributed by atoms with Crippen LogP contribution in [0.3, 0.4) is 0 Å². The summed E-state index contributed by atoms with van der Waals surface area (Å²) in [7, 11) is -2.54. The molecule has 6 nitrogen and oxygen atoms in total. The third kappa shape index (κ3) is 5.71. The van der Waals surface area contributed by atoms with Gasteiger partial charge in [-0.3, -0.25) is 4.79 Å². The Morgan fingerprint density at radius 1 is 1.13 bits per heavy atom. The first-order chi connectivity index (χ1) is 14.7. The Hall–Kier alpha value is -1.80. The Morgan fingerprint density at radius 2 is 1.84 bits per heavy atom. The highest BCUT2D eigenvalue weighted by atomic mass is 35.5.